The summed E-state index contributed by atoms with van der Waals surface area (Å²) in [6.45, 7) is 5.68. The number of nitrogens with one attached hydrogen (secondary N) is 2. The van der Waals surface area contributed by atoms with Crippen molar-refractivity contribution in [3.63, 3.8) is 0 Å². The van der Waals surface area contributed by atoms with E-state index in [0.29, 0.717) is 26.3 Å². The second-order valence-corrected chi connectivity index (χ2v) is 9.41. The zero-order valence-corrected chi connectivity index (χ0v) is 21.3. The van der Waals surface area contributed by atoms with Crippen molar-refractivity contribution < 1.29 is 18.9 Å². The van der Waals surface area contributed by atoms with Gasteiger partial charge in [0.25, 0.3) is 0 Å². The number of anilines is 2. The molecule has 2 heterocycles. The number of esters is 1. The Hall–Kier alpha value is -2.52. The minimum atomic E-state index is -0.482. The number of aryl methyl sites for hydroxylation is 1. The Labute approximate surface area is 211 Å². The summed E-state index contributed by atoms with van der Waals surface area (Å²) in [5.41, 5.74) is 1.84. The van der Waals surface area contributed by atoms with Crippen molar-refractivity contribution in [3.8, 4) is 0 Å². The average Bonchev–Trinajstić information content (AvgIpc) is 3.04. The maximum Gasteiger partial charge on any atom is 0.341 e. The van der Waals surface area contributed by atoms with Gasteiger partial charge >= 0.3 is 17.6 Å². The minimum absolute atomic E-state index is 0.198. The number of carbonyl (C=O) groups excluding carboxylic acids is 2. The lowest BCUT2D eigenvalue weighted by Gasteiger charge is -2.11. The molecule has 0 atom stereocenters. The molecule has 3 rings (SSSR count). The number of nitrogens with zero attached hydrogens (tertiary/aromatic N) is 1. The Bertz CT molecular complexity index is 1230. The van der Waals surface area contributed by atoms with Crippen LogP contribution in [0.15, 0.2) is 53.8 Å². The molecule has 0 bridgehead atoms. The summed E-state index contributed by atoms with van der Waals surface area (Å²) in [4.78, 5) is 26.9. The Morgan fingerprint density at radius 1 is 1.12 bits per heavy atom. The normalized spacial score (nSPS) is 11.6. The van der Waals surface area contributed by atoms with Gasteiger partial charge in [-0.25, -0.2) is 4.79 Å². The van der Waals surface area contributed by atoms with Crippen LogP contribution in [0.3, 0.4) is 0 Å². The number of amides is 1. The summed E-state index contributed by atoms with van der Waals surface area (Å²) >= 11 is 18.1. The van der Waals surface area contributed by atoms with Crippen molar-refractivity contribution in [3.05, 3.63) is 79.9 Å². The molecule has 2 N–H and O–H groups in total. The van der Waals surface area contributed by atoms with Crippen molar-refractivity contribution >= 4 is 75.4 Å². The molecule has 0 aliphatic carbocycles. The zero-order chi connectivity index (χ0) is 24.1. The third kappa shape index (κ3) is 5.89. The highest BCUT2D eigenvalue weighted by molar-refractivity contribution is 7.84. The first-order valence-corrected chi connectivity index (χ1v) is 11.9. The number of carbonyl (C=O) groups is 2. The lowest BCUT2D eigenvalue weighted by Crippen LogP contribution is -2.39. The molecule has 33 heavy (non-hydrogen) atoms. The highest BCUT2D eigenvalue weighted by Gasteiger charge is 2.29. The van der Waals surface area contributed by atoms with Gasteiger partial charge < -0.3 is 15.4 Å². The lowest BCUT2D eigenvalue weighted by molar-refractivity contribution is -0.577. The molecule has 6 nitrogen and oxygen atoms in total. The molecule has 0 fully saturated rings. The SMILES string of the molecule is CCOC(=O)c1c(NC(=O)C(=C(S)Nc2ccc(Cl)cc2Cl)[n+]2ccccc2)sc(C)c1C. The van der Waals surface area contributed by atoms with Gasteiger partial charge in [0.05, 0.1) is 22.9 Å². The summed E-state index contributed by atoms with van der Waals surface area (Å²) in [7, 11) is 0. The fourth-order valence-electron chi connectivity index (χ4n) is 3.00. The second-order valence-electron chi connectivity index (χ2n) is 6.89. The second kappa shape index (κ2) is 11.1. The molecule has 0 spiro atoms. The summed E-state index contributed by atoms with van der Waals surface area (Å²) in [5, 5.41) is 7.44. The fraction of sp³-hybridized carbons (Fsp3) is 0.174. The number of halogens is 2. The maximum absolute atomic E-state index is 13.5. The molecule has 0 saturated heterocycles. The van der Waals surface area contributed by atoms with Crippen molar-refractivity contribution in [2.45, 2.75) is 20.8 Å². The van der Waals surface area contributed by atoms with Gasteiger partial charge in [0, 0.05) is 22.0 Å². The number of hydrogen-bond donors (Lipinski definition) is 3. The number of aromatic nitrogens is 1. The third-order valence-corrected chi connectivity index (χ3v) is 6.68. The standard InChI is InChI=1S/C23H21Cl2N3O3S2/c1-4-31-23(30)18-13(2)14(3)33-22(18)27-20(29)19(28-10-6-5-7-11-28)21(32)26-17-9-8-15(24)12-16(17)25/h5-12H,4H2,1-3H3,(H2-,26,27,29,30,32)/p+1. The van der Waals surface area contributed by atoms with Crippen molar-refractivity contribution in [2.75, 3.05) is 17.2 Å². The maximum atomic E-state index is 13.5. The molecule has 1 amide bonds. The topological polar surface area (TPSA) is 71.3 Å². The average molecular weight is 523 g/mol. The number of thiophene rings is 1. The Morgan fingerprint density at radius 3 is 2.45 bits per heavy atom. The monoisotopic (exact) mass is 522 g/mol. The van der Waals surface area contributed by atoms with Gasteiger partial charge in [-0.3, -0.25) is 4.79 Å². The highest BCUT2D eigenvalue weighted by Crippen LogP contribution is 2.34. The van der Waals surface area contributed by atoms with Gasteiger partial charge in [-0.15, -0.1) is 24.0 Å². The van der Waals surface area contributed by atoms with Crippen molar-refractivity contribution in [2.24, 2.45) is 0 Å². The van der Waals surface area contributed by atoms with E-state index >= 15 is 0 Å². The van der Waals surface area contributed by atoms with E-state index < -0.39 is 11.9 Å². The predicted octanol–water partition coefficient (Wildman–Crippen LogP) is 5.94. The first-order chi connectivity index (χ1) is 15.7. The van der Waals surface area contributed by atoms with E-state index in [9.17, 15) is 9.59 Å². The minimum Gasteiger partial charge on any atom is -0.462 e. The van der Waals surface area contributed by atoms with Crippen LogP contribution in [-0.2, 0) is 9.53 Å². The Morgan fingerprint density at radius 2 is 1.82 bits per heavy atom. The molecular weight excluding hydrogens is 501 g/mol. The zero-order valence-electron chi connectivity index (χ0n) is 18.1. The van der Waals surface area contributed by atoms with Crippen molar-refractivity contribution in [1.29, 1.82) is 0 Å². The summed E-state index contributed by atoms with van der Waals surface area (Å²) in [6, 6.07) is 10.4. The number of pyridine rings is 1. The molecule has 10 heteroatoms. The third-order valence-electron chi connectivity index (χ3n) is 4.69. The van der Waals surface area contributed by atoms with E-state index in [1.807, 2.05) is 19.9 Å². The lowest BCUT2D eigenvalue weighted by atomic mass is 10.1. The Kier molecular flexibility index (Phi) is 8.42. The first-order valence-electron chi connectivity index (χ1n) is 9.93. The molecule has 0 aliphatic heterocycles. The van der Waals surface area contributed by atoms with E-state index in [4.69, 9.17) is 27.9 Å². The van der Waals surface area contributed by atoms with E-state index in [-0.39, 0.29) is 17.3 Å². The van der Waals surface area contributed by atoms with Gasteiger partial charge in [0.2, 0.25) is 0 Å². The van der Waals surface area contributed by atoms with Gasteiger partial charge in [-0.2, -0.15) is 4.57 Å². The van der Waals surface area contributed by atoms with Crippen LogP contribution < -0.4 is 15.2 Å². The highest BCUT2D eigenvalue weighted by atomic mass is 35.5. The van der Waals surface area contributed by atoms with Crippen LogP contribution in [0.5, 0.6) is 0 Å². The molecule has 0 aliphatic rings. The number of hydrogen-bond acceptors (Lipinski definition) is 6. The number of ether oxygens (including phenoxy) is 1. The molecule has 0 radical (unpaired) electrons. The largest absolute Gasteiger partial charge is 0.462 e. The van der Waals surface area contributed by atoms with Gasteiger partial charge in [-0.1, -0.05) is 29.3 Å². The van der Waals surface area contributed by atoms with Crippen LogP contribution in [0.4, 0.5) is 10.7 Å². The van der Waals surface area contributed by atoms with Crippen molar-refractivity contribution in [1.82, 2.24) is 0 Å². The van der Waals surface area contributed by atoms with Gasteiger partial charge in [0.1, 0.15) is 10.0 Å². The van der Waals surface area contributed by atoms with Gasteiger partial charge in [-0.05, 0) is 44.5 Å². The van der Waals surface area contributed by atoms with Gasteiger partial charge in [0.15, 0.2) is 12.4 Å². The van der Waals surface area contributed by atoms with Crippen LogP contribution in [-0.4, -0.2) is 18.5 Å². The molecule has 172 valence electrons. The van der Waals surface area contributed by atoms with Crippen LogP contribution in [0, 0.1) is 13.8 Å². The van der Waals surface area contributed by atoms with Crippen LogP contribution in [0.25, 0.3) is 5.70 Å². The molecule has 3 aromatic rings. The first kappa shape index (κ1) is 25.1. The van der Waals surface area contributed by atoms with E-state index in [0.717, 1.165) is 10.4 Å². The van der Waals surface area contributed by atoms with Crippen LogP contribution in [0.2, 0.25) is 10.0 Å². The predicted molar refractivity (Wildman–Crippen MR) is 137 cm³/mol. The van der Waals surface area contributed by atoms with Crippen LogP contribution in [0.1, 0.15) is 27.7 Å². The molecule has 0 saturated carbocycles. The summed E-state index contributed by atoms with van der Waals surface area (Å²) in [6.07, 6.45) is 3.43. The molecule has 0 unspecified atom stereocenters. The molecule has 2 aromatic heterocycles. The number of benzene rings is 1. The number of thiol groups is 1. The molecule has 1 aromatic carbocycles. The van der Waals surface area contributed by atoms with E-state index in [1.165, 1.54) is 11.3 Å². The Balaban J connectivity index is 2.03. The summed E-state index contributed by atoms with van der Waals surface area (Å²) < 4.78 is 6.80. The smallest absolute Gasteiger partial charge is 0.341 e. The summed E-state index contributed by atoms with van der Waals surface area (Å²) in [5.74, 6) is -0.953. The van der Waals surface area contributed by atoms with E-state index in [2.05, 4.69) is 23.3 Å². The fourth-order valence-corrected chi connectivity index (χ4v) is 4.84. The molecular formula is C23H22Cl2N3O3S2+. The quantitative estimate of drug-likeness (QED) is 0.155. The number of rotatable bonds is 7. The van der Waals surface area contributed by atoms with Crippen LogP contribution >= 0.6 is 47.2 Å². The van der Waals surface area contributed by atoms with E-state index in [1.54, 1.807) is 54.2 Å².